The van der Waals surface area contributed by atoms with E-state index in [-0.39, 0.29) is 17.7 Å². The van der Waals surface area contributed by atoms with Crippen molar-refractivity contribution < 1.29 is 19.5 Å². The Bertz CT molecular complexity index is 677. The van der Waals surface area contributed by atoms with Crippen molar-refractivity contribution in [3.63, 3.8) is 0 Å². The van der Waals surface area contributed by atoms with Gasteiger partial charge < -0.3 is 15.7 Å². The molecule has 0 radical (unpaired) electrons. The van der Waals surface area contributed by atoms with Crippen LogP contribution < -0.4 is 10.6 Å². The molecule has 0 spiro atoms. The van der Waals surface area contributed by atoms with E-state index in [0.29, 0.717) is 11.4 Å². The molecule has 2 saturated carbocycles. The van der Waals surface area contributed by atoms with Gasteiger partial charge in [0.2, 0.25) is 11.8 Å². The topological polar surface area (TPSA) is 95.5 Å². The largest absolute Gasteiger partial charge is 0.481 e. The van der Waals surface area contributed by atoms with Crippen molar-refractivity contribution in [2.24, 2.45) is 23.2 Å². The second-order valence-electron chi connectivity index (χ2n) is 7.30. The van der Waals surface area contributed by atoms with Gasteiger partial charge in [-0.15, -0.1) is 0 Å². The van der Waals surface area contributed by atoms with Crippen molar-refractivity contribution in [1.82, 2.24) is 0 Å². The fourth-order valence-corrected chi connectivity index (χ4v) is 3.36. The van der Waals surface area contributed by atoms with Gasteiger partial charge in [0.25, 0.3) is 0 Å². The Morgan fingerprint density at radius 2 is 1.46 bits per heavy atom. The number of amides is 2. The molecule has 0 heterocycles. The highest BCUT2D eigenvalue weighted by molar-refractivity contribution is 6.00. The second kappa shape index (κ2) is 5.92. The van der Waals surface area contributed by atoms with Gasteiger partial charge in [-0.1, -0.05) is 20.3 Å². The molecule has 24 heavy (non-hydrogen) atoms. The maximum Gasteiger partial charge on any atom is 0.307 e. The van der Waals surface area contributed by atoms with Gasteiger partial charge in [-0.3, -0.25) is 14.4 Å². The number of nitrogens with one attached hydrogen (secondary N) is 2. The lowest BCUT2D eigenvalue weighted by molar-refractivity contribution is -0.140. The highest BCUT2D eigenvalue weighted by Gasteiger charge is 2.65. The highest BCUT2D eigenvalue weighted by atomic mass is 16.4. The minimum atomic E-state index is -0.936. The van der Waals surface area contributed by atoms with Gasteiger partial charge in [0.1, 0.15) is 0 Å². The third-order valence-corrected chi connectivity index (χ3v) is 5.27. The summed E-state index contributed by atoms with van der Waals surface area (Å²) in [5.41, 5.74) is 0.764. The van der Waals surface area contributed by atoms with E-state index in [0.717, 1.165) is 19.3 Å². The van der Waals surface area contributed by atoms with Crippen molar-refractivity contribution in [3.8, 4) is 0 Å². The maximum absolute atomic E-state index is 12.3. The Kier molecular flexibility index (Phi) is 4.07. The number of hydrogen-bond acceptors (Lipinski definition) is 3. The van der Waals surface area contributed by atoms with E-state index in [1.165, 1.54) is 0 Å². The molecular weight excluding hydrogens is 308 g/mol. The number of rotatable bonds is 5. The van der Waals surface area contributed by atoms with E-state index in [1.807, 2.05) is 0 Å². The van der Waals surface area contributed by atoms with Gasteiger partial charge in [0, 0.05) is 17.3 Å². The Morgan fingerprint density at radius 3 is 1.83 bits per heavy atom. The van der Waals surface area contributed by atoms with Crippen LogP contribution in [-0.2, 0) is 14.4 Å². The molecule has 128 valence electrons. The fourth-order valence-electron chi connectivity index (χ4n) is 3.36. The Balaban J connectivity index is 1.57. The minimum absolute atomic E-state index is 0.0436. The molecule has 3 N–H and O–H groups in total. The van der Waals surface area contributed by atoms with Crippen LogP contribution >= 0.6 is 0 Å². The SMILES string of the molecule is CC1(C)[C@H](C(=O)O)[C@@H]1C(=O)Nc1ccc(NC(=O)C2CCC2)cc1. The summed E-state index contributed by atoms with van der Waals surface area (Å²) >= 11 is 0. The van der Waals surface area contributed by atoms with E-state index in [4.69, 9.17) is 5.11 Å². The molecular formula is C18H22N2O4. The Morgan fingerprint density at radius 1 is 0.958 bits per heavy atom. The van der Waals surface area contributed by atoms with Crippen molar-refractivity contribution in [1.29, 1.82) is 0 Å². The van der Waals surface area contributed by atoms with Crippen LogP contribution in [0.5, 0.6) is 0 Å². The lowest BCUT2D eigenvalue weighted by Gasteiger charge is -2.24. The van der Waals surface area contributed by atoms with Gasteiger partial charge in [-0.25, -0.2) is 0 Å². The van der Waals surface area contributed by atoms with Crippen molar-refractivity contribution in [2.45, 2.75) is 33.1 Å². The van der Waals surface area contributed by atoms with Crippen LogP contribution in [0.1, 0.15) is 33.1 Å². The lowest BCUT2D eigenvalue weighted by atomic mass is 9.85. The summed E-state index contributed by atoms with van der Waals surface area (Å²) < 4.78 is 0. The summed E-state index contributed by atoms with van der Waals surface area (Å²) in [5, 5.41) is 14.8. The van der Waals surface area contributed by atoms with Crippen molar-refractivity contribution >= 4 is 29.2 Å². The number of carboxylic acid groups (broad SMARTS) is 1. The zero-order valence-corrected chi connectivity index (χ0v) is 13.8. The van der Waals surface area contributed by atoms with E-state index in [2.05, 4.69) is 10.6 Å². The summed E-state index contributed by atoms with van der Waals surface area (Å²) in [5.74, 6) is -2.21. The average Bonchev–Trinajstić information content (AvgIpc) is 3.02. The van der Waals surface area contributed by atoms with Crippen molar-refractivity contribution in [3.05, 3.63) is 24.3 Å². The second-order valence-corrected chi connectivity index (χ2v) is 7.30. The van der Waals surface area contributed by atoms with Gasteiger partial charge in [-0.2, -0.15) is 0 Å². The number of carbonyl (C=O) groups excluding carboxylic acids is 2. The summed E-state index contributed by atoms with van der Waals surface area (Å²) in [6.45, 7) is 3.57. The number of carboxylic acids is 1. The minimum Gasteiger partial charge on any atom is -0.481 e. The first-order valence-corrected chi connectivity index (χ1v) is 8.25. The summed E-state index contributed by atoms with van der Waals surface area (Å²) in [7, 11) is 0. The molecule has 6 heteroatoms. The molecule has 3 rings (SSSR count). The van der Waals surface area contributed by atoms with Gasteiger partial charge >= 0.3 is 5.97 Å². The quantitative estimate of drug-likeness (QED) is 0.773. The number of benzene rings is 1. The first kappa shape index (κ1) is 16.5. The predicted molar refractivity (Wildman–Crippen MR) is 89.4 cm³/mol. The lowest BCUT2D eigenvalue weighted by Crippen LogP contribution is -2.28. The Labute approximate surface area is 140 Å². The third kappa shape index (κ3) is 3.00. The first-order valence-electron chi connectivity index (χ1n) is 8.25. The summed E-state index contributed by atoms with van der Waals surface area (Å²) in [6.07, 6.45) is 3.00. The third-order valence-electron chi connectivity index (χ3n) is 5.27. The molecule has 2 atom stereocenters. The fraction of sp³-hybridized carbons (Fsp3) is 0.500. The van der Waals surface area contributed by atoms with Gasteiger partial charge in [0.05, 0.1) is 11.8 Å². The molecule has 2 aliphatic rings. The molecule has 0 unspecified atom stereocenters. The monoisotopic (exact) mass is 330 g/mol. The van der Waals surface area contributed by atoms with Crippen LogP contribution in [0.15, 0.2) is 24.3 Å². The summed E-state index contributed by atoms with van der Waals surface area (Å²) in [4.78, 5) is 35.3. The van der Waals surface area contributed by atoms with Crippen LogP contribution in [0, 0.1) is 23.2 Å². The molecule has 0 bridgehead atoms. The van der Waals surface area contributed by atoms with E-state index < -0.39 is 23.2 Å². The number of anilines is 2. The van der Waals surface area contributed by atoms with E-state index in [1.54, 1.807) is 38.1 Å². The molecule has 2 fully saturated rings. The number of hydrogen-bond donors (Lipinski definition) is 3. The maximum atomic E-state index is 12.3. The summed E-state index contributed by atoms with van der Waals surface area (Å²) in [6, 6.07) is 6.89. The Hall–Kier alpha value is -2.37. The first-order chi connectivity index (χ1) is 11.3. The van der Waals surface area contributed by atoms with Crippen LogP contribution in [-0.4, -0.2) is 22.9 Å². The molecule has 0 aliphatic heterocycles. The van der Waals surface area contributed by atoms with Crippen LogP contribution in [0.4, 0.5) is 11.4 Å². The van der Waals surface area contributed by atoms with Crippen LogP contribution in [0.2, 0.25) is 0 Å². The zero-order valence-electron chi connectivity index (χ0n) is 13.8. The average molecular weight is 330 g/mol. The van der Waals surface area contributed by atoms with Crippen molar-refractivity contribution in [2.75, 3.05) is 10.6 Å². The molecule has 2 aliphatic carbocycles. The highest BCUT2D eigenvalue weighted by Crippen LogP contribution is 2.58. The van der Waals surface area contributed by atoms with E-state index in [9.17, 15) is 14.4 Å². The zero-order chi connectivity index (χ0) is 17.5. The smallest absolute Gasteiger partial charge is 0.307 e. The van der Waals surface area contributed by atoms with Crippen LogP contribution in [0.25, 0.3) is 0 Å². The van der Waals surface area contributed by atoms with Crippen LogP contribution in [0.3, 0.4) is 0 Å². The molecule has 6 nitrogen and oxygen atoms in total. The normalized spacial score (nSPS) is 24.6. The van der Waals surface area contributed by atoms with Gasteiger partial charge in [-0.05, 0) is 42.5 Å². The molecule has 0 aromatic heterocycles. The standard InChI is InChI=1S/C18H22N2O4/c1-18(2)13(14(18)17(23)24)16(22)20-12-8-6-11(7-9-12)19-15(21)10-4-3-5-10/h6-10,13-14H,3-5H2,1-2H3,(H,19,21)(H,20,22)(H,23,24)/t13-,14+/m1/s1. The predicted octanol–water partition coefficient (Wildman–Crippen LogP) is 2.72. The molecule has 1 aromatic carbocycles. The molecule has 0 saturated heterocycles. The number of aliphatic carboxylic acids is 1. The van der Waals surface area contributed by atoms with E-state index >= 15 is 0 Å². The molecule has 2 amide bonds. The molecule has 1 aromatic rings. The number of carbonyl (C=O) groups is 3. The van der Waals surface area contributed by atoms with Gasteiger partial charge in [0.15, 0.2) is 0 Å².